The molecule has 6 heteroatoms. The number of esters is 1. The van der Waals surface area contributed by atoms with E-state index in [0.717, 1.165) is 51.8 Å². The van der Waals surface area contributed by atoms with Crippen molar-refractivity contribution in [1.29, 1.82) is 0 Å². The van der Waals surface area contributed by atoms with Crippen molar-refractivity contribution >= 4 is 16.9 Å². The number of aromatic hydroxyl groups is 1. The molecule has 2 aliphatic heterocycles. The fourth-order valence-corrected chi connectivity index (χ4v) is 5.34. The summed E-state index contributed by atoms with van der Waals surface area (Å²) in [6.45, 7) is 4.60. The number of phenolic OH excluding ortho intramolecular Hbond substituents is 1. The number of carbonyl (C=O) groups excluding carboxylic acids is 1. The number of aromatic nitrogens is 2. The molecule has 3 aliphatic rings. The summed E-state index contributed by atoms with van der Waals surface area (Å²) in [4.78, 5) is 30.8. The van der Waals surface area contributed by atoms with Gasteiger partial charge in [0, 0.05) is 10.9 Å². The Bertz CT molecular complexity index is 1320. The molecule has 0 saturated heterocycles. The predicted molar refractivity (Wildman–Crippen MR) is 107 cm³/mol. The van der Waals surface area contributed by atoms with E-state index >= 15 is 0 Å². The average molecular weight is 388 g/mol. The van der Waals surface area contributed by atoms with Gasteiger partial charge < -0.3 is 14.4 Å². The molecule has 0 radical (unpaired) electrons. The maximum absolute atomic E-state index is 13.4. The lowest BCUT2D eigenvalue weighted by molar-refractivity contribution is -0.150. The lowest BCUT2D eigenvalue weighted by Crippen LogP contribution is -2.37. The highest BCUT2D eigenvalue weighted by Gasteiger charge is 2.62. The van der Waals surface area contributed by atoms with E-state index in [2.05, 4.69) is 6.92 Å². The fourth-order valence-electron chi connectivity index (χ4n) is 5.34. The van der Waals surface area contributed by atoms with Crippen LogP contribution in [-0.4, -0.2) is 20.6 Å². The van der Waals surface area contributed by atoms with E-state index < -0.39 is 5.41 Å². The van der Waals surface area contributed by atoms with Gasteiger partial charge in [-0.05, 0) is 54.2 Å². The molecule has 6 rings (SSSR count). The molecule has 6 nitrogen and oxygen atoms in total. The molecule has 1 saturated carbocycles. The number of hydrogen-bond donors (Lipinski definition) is 1. The second-order valence-electron chi connectivity index (χ2n) is 8.44. The monoisotopic (exact) mass is 388 g/mol. The Kier molecular flexibility index (Phi) is 3.04. The van der Waals surface area contributed by atoms with Crippen molar-refractivity contribution < 1.29 is 14.6 Å². The number of phenols is 1. The van der Waals surface area contributed by atoms with Crippen LogP contribution in [0, 0.1) is 5.92 Å². The topological polar surface area (TPSA) is 81.4 Å². The minimum atomic E-state index is -0.665. The number of ether oxygens (including phenoxy) is 1. The number of rotatable bonds is 1. The van der Waals surface area contributed by atoms with E-state index in [4.69, 9.17) is 9.72 Å². The summed E-state index contributed by atoms with van der Waals surface area (Å²) in [5.74, 6) is 0.171. The highest BCUT2D eigenvalue weighted by Crippen LogP contribution is 2.57. The molecule has 2 atom stereocenters. The van der Waals surface area contributed by atoms with Gasteiger partial charge in [-0.3, -0.25) is 9.59 Å². The normalized spacial score (nSPS) is 23.7. The summed E-state index contributed by atoms with van der Waals surface area (Å²) in [5, 5.41) is 10.9. The van der Waals surface area contributed by atoms with E-state index in [-0.39, 0.29) is 29.8 Å². The Morgan fingerprint density at radius 1 is 1.28 bits per heavy atom. The molecule has 0 bridgehead atoms. The number of aryl methyl sites for hydroxylation is 1. The molecular weight excluding hydrogens is 368 g/mol. The van der Waals surface area contributed by atoms with Gasteiger partial charge in [0.2, 0.25) is 0 Å². The Hall–Kier alpha value is -3.15. The molecule has 3 aromatic rings. The first kappa shape index (κ1) is 16.8. The quantitative estimate of drug-likeness (QED) is 0.507. The molecule has 1 aromatic carbocycles. The van der Waals surface area contributed by atoms with Gasteiger partial charge >= 0.3 is 5.97 Å². The number of fused-ring (bicyclic) bond motifs is 6. The van der Waals surface area contributed by atoms with Gasteiger partial charge in [0.05, 0.1) is 34.4 Å². The predicted octanol–water partition coefficient (Wildman–Crippen LogP) is 3.03. The summed E-state index contributed by atoms with van der Waals surface area (Å²) in [7, 11) is 0. The highest BCUT2D eigenvalue weighted by atomic mass is 16.5. The smallest absolute Gasteiger partial charge is 0.317 e. The van der Waals surface area contributed by atoms with Crippen molar-refractivity contribution in [1.82, 2.24) is 9.55 Å². The number of hydrogen-bond acceptors (Lipinski definition) is 5. The van der Waals surface area contributed by atoms with Crippen LogP contribution in [0.5, 0.6) is 5.75 Å². The lowest BCUT2D eigenvalue weighted by Gasteiger charge is -2.25. The number of benzene rings is 1. The third kappa shape index (κ3) is 1.94. The van der Waals surface area contributed by atoms with Gasteiger partial charge in [-0.25, -0.2) is 4.98 Å². The maximum atomic E-state index is 13.4. The Morgan fingerprint density at radius 3 is 2.79 bits per heavy atom. The summed E-state index contributed by atoms with van der Waals surface area (Å²) in [6, 6.07) is 7.19. The summed E-state index contributed by atoms with van der Waals surface area (Å²) in [5.41, 5.74) is 5.19. The van der Waals surface area contributed by atoms with Crippen LogP contribution >= 0.6 is 0 Å². The Morgan fingerprint density at radius 2 is 2.07 bits per heavy atom. The average Bonchev–Trinajstić information content (AvgIpc) is 3.23. The van der Waals surface area contributed by atoms with Crippen molar-refractivity contribution in [2.75, 3.05) is 0 Å². The van der Waals surface area contributed by atoms with Crippen molar-refractivity contribution in [2.45, 2.75) is 45.3 Å². The molecular formula is C23H20N2O4. The van der Waals surface area contributed by atoms with Crippen molar-refractivity contribution in [3.63, 3.8) is 0 Å². The largest absolute Gasteiger partial charge is 0.508 e. The summed E-state index contributed by atoms with van der Waals surface area (Å²) in [6.07, 6.45) is 1.50. The van der Waals surface area contributed by atoms with Crippen molar-refractivity contribution in [2.24, 2.45) is 5.92 Å². The molecule has 1 spiro atoms. The molecule has 2 unspecified atom stereocenters. The van der Waals surface area contributed by atoms with Crippen LogP contribution < -0.4 is 5.56 Å². The van der Waals surface area contributed by atoms with Gasteiger partial charge in [0.1, 0.15) is 12.4 Å². The fraction of sp³-hybridized carbons (Fsp3) is 0.348. The van der Waals surface area contributed by atoms with E-state index in [0.29, 0.717) is 12.1 Å². The molecule has 146 valence electrons. The Balaban J connectivity index is 1.66. The van der Waals surface area contributed by atoms with Gasteiger partial charge in [0.25, 0.3) is 5.56 Å². The van der Waals surface area contributed by atoms with Crippen LogP contribution in [0.15, 0.2) is 29.1 Å². The van der Waals surface area contributed by atoms with Crippen molar-refractivity contribution in [3.05, 3.63) is 56.9 Å². The zero-order chi connectivity index (χ0) is 20.1. The molecule has 1 N–H and O–H groups in total. The first-order chi connectivity index (χ1) is 14.0. The van der Waals surface area contributed by atoms with Crippen LogP contribution in [0.3, 0.4) is 0 Å². The van der Waals surface area contributed by atoms with Gasteiger partial charge in [-0.2, -0.15) is 0 Å². The number of nitrogens with zero attached hydrogens (tertiary/aromatic N) is 2. The second kappa shape index (κ2) is 5.26. The van der Waals surface area contributed by atoms with Crippen LogP contribution in [0.2, 0.25) is 0 Å². The van der Waals surface area contributed by atoms with E-state index in [1.165, 1.54) is 0 Å². The van der Waals surface area contributed by atoms with Crippen LogP contribution in [0.25, 0.3) is 22.3 Å². The van der Waals surface area contributed by atoms with Crippen LogP contribution in [0.4, 0.5) is 0 Å². The SMILES string of the molecule is CCc1c2c(nc3ccc(O)cc13)-c1cc3c(c(=O)n1C2)COC(=O)C31CC1C. The van der Waals surface area contributed by atoms with E-state index in [1.807, 2.05) is 19.1 Å². The number of carbonyl (C=O) groups is 1. The molecule has 0 amide bonds. The summed E-state index contributed by atoms with van der Waals surface area (Å²) >= 11 is 0. The van der Waals surface area contributed by atoms with Gasteiger partial charge in [-0.1, -0.05) is 13.8 Å². The number of cyclic esters (lactones) is 1. The number of pyridine rings is 2. The lowest BCUT2D eigenvalue weighted by atomic mass is 9.87. The molecule has 1 aliphatic carbocycles. The van der Waals surface area contributed by atoms with Gasteiger partial charge in [0.15, 0.2) is 0 Å². The van der Waals surface area contributed by atoms with Gasteiger partial charge in [-0.15, -0.1) is 0 Å². The standard InChI is InChI=1S/C23H20N2O4/c1-3-13-14-6-12(26)4-5-18(14)24-20-15(13)9-25-19(20)7-17-16(21(25)27)10-29-22(28)23(17)8-11(23)2/h4-7,11,26H,3,8-10H2,1-2H3. The van der Waals surface area contributed by atoms with E-state index in [1.54, 1.807) is 16.7 Å². The van der Waals surface area contributed by atoms with Crippen LogP contribution in [-0.2, 0) is 34.5 Å². The molecule has 2 aromatic heterocycles. The first-order valence-electron chi connectivity index (χ1n) is 10.0. The third-order valence-electron chi connectivity index (χ3n) is 7.00. The summed E-state index contributed by atoms with van der Waals surface area (Å²) < 4.78 is 7.15. The zero-order valence-electron chi connectivity index (χ0n) is 16.3. The van der Waals surface area contributed by atoms with Crippen molar-refractivity contribution in [3.8, 4) is 17.1 Å². The molecule has 29 heavy (non-hydrogen) atoms. The van der Waals surface area contributed by atoms with Crippen LogP contribution in [0.1, 0.15) is 42.5 Å². The first-order valence-corrected chi connectivity index (χ1v) is 10.0. The zero-order valence-corrected chi connectivity index (χ0v) is 16.3. The Labute approximate surface area is 166 Å². The maximum Gasteiger partial charge on any atom is 0.317 e. The highest BCUT2D eigenvalue weighted by molar-refractivity contribution is 5.91. The minimum absolute atomic E-state index is 0.0437. The second-order valence-corrected chi connectivity index (χ2v) is 8.44. The van der Waals surface area contributed by atoms with E-state index in [9.17, 15) is 14.7 Å². The minimum Gasteiger partial charge on any atom is -0.508 e. The third-order valence-corrected chi connectivity index (χ3v) is 7.00. The molecule has 4 heterocycles. The molecule has 1 fully saturated rings.